The number of nitrogens with zero attached hydrogens (tertiary/aromatic N) is 1. The maximum atomic E-state index is 11.9. The minimum absolute atomic E-state index is 0.00969. The van der Waals surface area contributed by atoms with Gasteiger partial charge in [0, 0.05) is 19.0 Å². The third-order valence-electron chi connectivity index (χ3n) is 4.05. The SMILES string of the molecule is COc1cc(C#N)ccc1OCCCC(=O)NCCCc1ccc(Cl)c(Cl)c1. The van der Waals surface area contributed by atoms with Gasteiger partial charge in [-0.15, -0.1) is 0 Å². The first-order valence-corrected chi connectivity index (χ1v) is 9.70. The van der Waals surface area contributed by atoms with Crippen molar-refractivity contribution in [2.75, 3.05) is 20.3 Å². The molecule has 0 heterocycles. The van der Waals surface area contributed by atoms with Gasteiger partial charge >= 0.3 is 0 Å². The minimum atomic E-state index is -0.00969. The Morgan fingerprint density at radius 2 is 1.93 bits per heavy atom. The molecule has 0 atom stereocenters. The molecule has 0 unspecified atom stereocenters. The first-order valence-electron chi connectivity index (χ1n) is 8.95. The number of ether oxygens (including phenoxy) is 2. The van der Waals surface area contributed by atoms with Crippen LogP contribution in [-0.2, 0) is 11.2 Å². The van der Waals surface area contributed by atoms with Crippen LogP contribution in [0.1, 0.15) is 30.4 Å². The number of benzene rings is 2. The van der Waals surface area contributed by atoms with Crippen molar-refractivity contribution in [3.8, 4) is 17.6 Å². The molecule has 0 aliphatic carbocycles. The molecule has 2 aromatic carbocycles. The van der Waals surface area contributed by atoms with Gasteiger partial charge < -0.3 is 14.8 Å². The van der Waals surface area contributed by atoms with Crippen LogP contribution >= 0.6 is 23.2 Å². The molecule has 0 spiro atoms. The lowest BCUT2D eigenvalue weighted by Crippen LogP contribution is -2.24. The molecule has 0 aliphatic heterocycles. The van der Waals surface area contributed by atoms with Gasteiger partial charge in [0.25, 0.3) is 0 Å². The topological polar surface area (TPSA) is 71.3 Å². The lowest BCUT2D eigenvalue weighted by Gasteiger charge is -2.11. The van der Waals surface area contributed by atoms with E-state index in [1.807, 2.05) is 12.1 Å². The molecule has 0 aliphatic rings. The molecule has 1 amide bonds. The van der Waals surface area contributed by atoms with Crippen molar-refractivity contribution in [2.24, 2.45) is 0 Å². The normalized spacial score (nSPS) is 10.2. The number of halogens is 2. The van der Waals surface area contributed by atoms with E-state index in [0.717, 1.165) is 18.4 Å². The zero-order chi connectivity index (χ0) is 20.4. The van der Waals surface area contributed by atoms with E-state index in [2.05, 4.69) is 11.4 Å². The monoisotopic (exact) mass is 420 g/mol. The number of rotatable bonds is 10. The number of carbonyl (C=O) groups is 1. The summed E-state index contributed by atoms with van der Waals surface area (Å²) >= 11 is 11.9. The number of nitriles is 1. The van der Waals surface area contributed by atoms with Crippen molar-refractivity contribution in [1.29, 1.82) is 5.26 Å². The first-order chi connectivity index (χ1) is 13.5. The fourth-order valence-electron chi connectivity index (χ4n) is 2.58. The van der Waals surface area contributed by atoms with Crippen molar-refractivity contribution in [1.82, 2.24) is 5.32 Å². The van der Waals surface area contributed by atoms with Crippen LogP contribution in [0.4, 0.5) is 0 Å². The highest BCUT2D eigenvalue weighted by Crippen LogP contribution is 2.28. The Bertz CT molecular complexity index is 850. The Morgan fingerprint density at radius 1 is 1.11 bits per heavy atom. The van der Waals surface area contributed by atoms with Gasteiger partial charge in [-0.25, -0.2) is 0 Å². The van der Waals surface area contributed by atoms with E-state index in [1.54, 1.807) is 24.3 Å². The van der Waals surface area contributed by atoms with Gasteiger partial charge in [-0.2, -0.15) is 5.26 Å². The van der Waals surface area contributed by atoms with Crippen molar-refractivity contribution in [3.05, 3.63) is 57.6 Å². The molecule has 2 aromatic rings. The molecule has 1 N–H and O–H groups in total. The molecule has 0 saturated carbocycles. The molecule has 7 heteroatoms. The summed E-state index contributed by atoms with van der Waals surface area (Å²) in [5.74, 6) is 1.05. The highest BCUT2D eigenvalue weighted by molar-refractivity contribution is 6.42. The summed E-state index contributed by atoms with van der Waals surface area (Å²) in [7, 11) is 1.52. The Hall–Kier alpha value is -2.42. The summed E-state index contributed by atoms with van der Waals surface area (Å²) in [6.45, 7) is 0.988. The average Bonchev–Trinajstić information content (AvgIpc) is 2.71. The number of amides is 1. The van der Waals surface area contributed by atoms with Gasteiger partial charge in [0.2, 0.25) is 5.91 Å². The summed E-state index contributed by atoms with van der Waals surface area (Å²) in [6.07, 6.45) is 2.61. The Balaban J connectivity index is 1.62. The number of hydrogen-bond donors (Lipinski definition) is 1. The standard InChI is InChI=1S/C21H22Cl2N2O3/c1-27-20-13-16(14-24)7-9-19(20)28-11-3-5-21(26)25-10-2-4-15-6-8-17(22)18(23)12-15/h6-9,12-13H,2-5,10-11H2,1H3,(H,25,26). The van der Waals surface area contributed by atoms with E-state index in [1.165, 1.54) is 7.11 Å². The number of hydrogen-bond acceptors (Lipinski definition) is 4. The molecule has 28 heavy (non-hydrogen) atoms. The molecule has 0 radical (unpaired) electrons. The van der Waals surface area contributed by atoms with Crippen LogP contribution in [0, 0.1) is 11.3 Å². The molecule has 0 fully saturated rings. The lowest BCUT2D eigenvalue weighted by molar-refractivity contribution is -0.121. The number of aryl methyl sites for hydroxylation is 1. The fraction of sp³-hybridized carbons (Fsp3) is 0.333. The second kappa shape index (κ2) is 11.4. The van der Waals surface area contributed by atoms with Gasteiger partial charge in [-0.05, 0) is 49.1 Å². The molecular formula is C21H22Cl2N2O3. The highest BCUT2D eigenvalue weighted by Gasteiger charge is 2.07. The van der Waals surface area contributed by atoms with Crippen LogP contribution in [0.25, 0.3) is 0 Å². The quantitative estimate of drug-likeness (QED) is 0.561. The summed E-state index contributed by atoms with van der Waals surface area (Å²) < 4.78 is 10.9. The van der Waals surface area contributed by atoms with Crippen LogP contribution < -0.4 is 14.8 Å². The molecule has 0 bridgehead atoms. The largest absolute Gasteiger partial charge is 0.493 e. The minimum Gasteiger partial charge on any atom is -0.493 e. The van der Waals surface area contributed by atoms with Crippen molar-refractivity contribution >= 4 is 29.1 Å². The first kappa shape index (κ1) is 21.9. The van der Waals surface area contributed by atoms with Crippen LogP contribution in [-0.4, -0.2) is 26.2 Å². The molecule has 148 valence electrons. The lowest BCUT2D eigenvalue weighted by atomic mass is 10.1. The molecule has 0 saturated heterocycles. The van der Waals surface area contributed by atoms with Crippen LogP contribution in [0.2, 0.25) is 10.0 Å². The Labute approximate surface area is 175 Å². The van der Waals surface area contributed by atoms with E-state index < -0.39 is 0 Å². The van der Waals surface area contributed by atoms with Crippen LogP contribution in [0.5, 0.6) is 11.5 Å². The molecule has 2 rings (SSSR count). The summed E-state index contributed by atoms with van der Waals surface area (Å²) in [6, 6.07) is 12.6. The maximum Gasteiger partial charge on any atom is 0.220 e. The van der Waals surface area contributed by atoms with Crippen molar-refractivity contribution < 1.29 is 14.3 Å². The van der Waals surface area contributed by atoms with Gasteiger partial charge in [-0.3, -0.25) is 4.79 Å². The number of nitrogens with one attached hydrogen (secondary N) is 1. The maximum absolute atomic E-state index is 11.9. The van der Waals surface area contributed by atoms with E-state index in [-0.39, 0.29) is 5.91 Å². The molecule has 5 nitrogen and oxygen atoms in total. The Morgan fingerprint density at radius 3 is 2.64 bits per heavy atom. The molecular weight excluding hydrogens is 399 g/mol. The second-order valence-electron chi connectivity index (χ2n) is 6.13. The number of methoxy groups -OCH3 is 1. The van der Waals surface area contributed by atoms with Gasteiger partial charge in [-0.1, -0.05) is 29.3 Å². The van der Waals surface area contributed by atoms with E-state index in [9.17, 15) is 4.79 Å². The zero-order valence-electron chi connectivity index (χ0n) is 15.6. The number of carbonyl (C=O) groups excluding carboxylic acids is 1. The predicted molar refractivity (Wildman–Crippen MR) is 110 cm³/mol. The third kappa shape index (κ3) is 6.95. The summed E-state index contributed by atoms with van der Waals surface area (Å²) in [5.41, 5.74) is 1.60. The summed E-state index contributed by atoms with van der Waals surface area (Å²) in [5, 5.41) is 12.9. The fourth-order valence-corrected chi connectivity index (χ4v) is 2.90. The zero-order valence-corrected chi connectivity index (χ0v) is 17.1. The van der Waals surface area contributed by atoms with E-state index in [4.69, 9.17) is 37.9 Å². The van der Waals surface area contributed by atoms with E-state index in [0.29, 0.717) is 53.1 Å². The van der Waals surface area contributed by atoms with Gasteiger partial charge in [0.05, 0.1) is 35.4 Å². The second-order valence-corrected chi connectivity index (χ2v) is 6.95. The molecule has 0 aromatic heterocycles. The third-order valence-corrected chi connectivity index (χ3v) is 4.79. The van der Waals surface area contributed by atoms with Gasteiger partial charge in [0.1, 0.15) is 0 Å². The van der Waals surface area contributed by atoms with Gasteiger partial charge in [0.15, 0.2) is 11.5 Å². The van der Waals surface area contributed by atoms with Crippen molar-refractivity contribution in [2.45, 2.75) is 25.7 Å². The summed E-state index contributed by atoms with van der Waals surface area (Å²) in [4.78, 5) is 11.9. The van der Waals surface area contributed by atoms with E-state index >= 15 is 0 Å². The smallest absolute Gasteiger partial charge is 0.220 e. The average molecular weight is 421 g/mol. The van der Waals surface area contributed by atoms with Crippen LogP contribution in [0.3, 0.4) is 0 Å². The Kier molecular flexibility index (Phi) is 8.93. The van der Waals surface area contributed by atoms with Crippen LogP contribution in [0.15, 0.2) is 36.4 Å². The highest BCUT2D eigenvalue weighted by atomic mass is 35.5. The predicted octanol–water partition coefficient (Wildman–Crippen LogP) is 4.78. The van der Waals surface area contributed by atoms with Crippen molar-refractivity contribution in [3.63, 3.8) is 0 Å².